The van der Waals surface area contributed by atoms with Crippen LogP contribution in [0, 0.1) is 11.3 Å². The third-order valence-electron chi connectivity index (χ3n) is 4.87. The van der Waals surface area contributed by atoms with Crippen molar-refractivity contribution in [2.45, 2.75) is 26.9 Å². The van der Waals surface area contributed by atoms with Gasteiger partial charge in [0.25, 0.3) is 5.91 Å². The Morgan fingerprint density at radius 1 is 1.24 bits per heavy atom. The van der Waals surface area contributed by atoms with Gasteiger partial charge in [-0.15, -0.1) is 0 Å². The maximum Gasteiger partial charge on any atom is 0.283 e. The maximum atomic E-state index is 12.7. The molecule has 4 rings (SSSR count). The predicted octanol–water partition coefficient (Wildman–Crippen LogP) is 5.59. The maximum absolute atomic E-state index is 12.7. The lowest BCUT2D eigenvalue weighted by Crippen LogP contribution is -2.35. The average Bonchev–Trinajstić information content (AvgIpc) is 3.17. The fraction of sp³-hybridized carbons (Fsp3) is 0.250. The van der Waals surface area contributed by atoms with Crippen molar-refractivity contribution in [1.29, 1.82) is 5.41 Å². The van der Waals surface area contributed by atoms with Gasteiger partial charge in [0.15, 0.2) is 17.3 Å². The van der Waals surface area contributed by atoms with Gasteiger partial charge in [-0.2, -0.15) is 15.1 Å². The van der Waals surface area contributed by atoms with Crippen LogP contribution in [-0.2, 0) is 11.4 Å². The standard InChI is InChI=1S/C24H23ClN4O3S/c1-14(2)9-20-28-29-22(26)17(23(30)27-24(29)33-20)10-16-11-18(25)21(19(12-16)31-3)32-13-15-7-5-4-6-8-15/h4-8,10-12,14,26H,9,13H2,1-3H3. The molecular formula is C24H23ClN4O3S. The lowest BCUT2D eigenvalue weighted by atomic mass is 10.1. The molecule has 2 aliphatic rings. The Kier molecular flexibility index (Phi) is 6.85. The molecule has 9 heteroatoms. The fourth-order valence-corrected chi connectivity index (χ4v) is 4.69. The van der Waals surface area contributed by atoms with Crippen molar-refractivity contribution in [3.63, 3.8) is 0 Å². The number of nitrogens with zero attached hydrogens (tertiary/aromatic N) is 3. The van der Waals surface area contributed by atoms with Crippen molar-refractivity contribution >= 4 is 51.4 Å². The lowest BCUT2D eigenvalue weighted by molar-refractivity contribution is -0.114. The zero-order valence-corrected chi connectivity index (χ0v) is 20.0. The summed E-state index contributed by atoms with van der Waals surface area (Å²) in [7, 11) is 1.52. The number of ether oxygens (including phenoxy) is 2. The number of methoxy groups -OCH3 is 1. The van der Waals surface area contributed by atoms with E-state index in [4.69, 9.17) is 26.5 Å². The van der Waals surface area contributed by atoms with Crippen molar-refractivity contribution in [1.82, 2.24) is 5.01 Å². The Bertz CT molecular complexity index is 1190. The van der Waals surface area contributed by atoms with E-state index in [9.17, 15) is 4.79 Å². The third kappa shape index (κ3) is 5.12. The van der Waals surface area contributed by atoms with Crippen LogP contribution >= 0.6 is 23.4 Å². The first-order valence-corrected chi connectivity index (χ1v) is 11.6. The van der Waals surface area contributed by atoms with E-state index in [0.29, 0.717) is 39.8 Å². The molecule has 0 radical (unpaired) electrons. The van der Waals surface area contributed by atoms with E-state index in [-0.39, 0.29) is 11.4 Å². The quantitative estimate of drug-likeness (QED) is 0.519. The minimum atomic E-state index is -0.487. The van der Waals surface area contributed by atoms with Crippen LogP contribution in [0.4, 0.5) is 0 Å². The molecule has 170 valence electrons. The first-order valence-electron chi connectivity index (χ1n) is 10.4. The normalized spacial score (nSPS) is 16.8. The molecule has 2 heterocycles. The van der Waals surface area contributed by atoms with Gasteiger partial charge in [-0.25, -0.2) is 0 Å². The van der Waals surface area contributed by atoms with Gasteiger partial charge in [0.2, 0.25) is 5.17 Å². The molecule has 1 amide bonds. The molecule has 0 saturated heterocycles. The minimum absolute atomic E-state index is 0.0178. The Balaban J connectivity index is 1.60. The third-order valence-corrected chi connectivity index (χ3v) is 6.08. The van der Waals surface area contributed by atoms with E-state index in [2.05, 4.69) is 23.9 Å². The number of hydrazone groups is 1. The smallest absolute Gasteiger partial charge is 0.283 e. The van der Waals surface area contributed by atoms with Crippen LogP contribution in [0.3, 0.4) is 0 Å². The highest BCUT2D eigenvalue weighted by atomic mass is 35.5. The van der Waals surface area contributed by atoms with Crippen LogP contribution in [0.2, 0.25) is 5.02 Å². The van der Waals surface area contributed by atoms with Gasteiger partial charge in [0.05, 0.1) is 17.7 Å². The molecule has 7 nitrogen and oxygen atoms in total. The van der Waals surface area contributed by atoms with Crippen molar-refractivity contribution in [2.24, 2.45) is 16.0 Å². The number of nitrogens with one attached hydrogen (secondary N) is 1. The van der Waals surface area contributed by atoms with Crippen LogP contribution in [0.15, 0.2) is 58.1 Å². The van der Waals surface area contributed by atoms with Crippen molar-refractivity contribution in [2.75, 3.05) is 7.11 Å². The highest BCUT2D eigenvalue weighted by molar-refractivity contribution is 8.26. The van der Waals surface area contributed by atoms with Gasteiger partial charge in [-0.1, -0.05) is 55.8 Å². The van der Waals surface area contributed by atoms with Gasteiger partial charge < -0.3 is 9.47 Å². The topological polar surface area (TPSA) is 87.3 Å². The van der Waals surface area contributed by atoms with Gasteiger partial charge in [0, 0.05) is 6.42 Å². The van der Waals surface area contributed by atoms with Crippen molar-refractivity contribution < 1.29 is 14.3 Å². The summed E-state index contributed by atoms with van der Waals surface area (Å²) < 4.78 is 11.4. The number of rotatable bonds is 7. The number of carbonyl (C=O) groups excluding carboxylic acids is 1. The van der Waals surface area contributed by atoms with Crippen LogP contribution in [0.25, 0.3) is 6.08 Å². The van der Waals surface area contributed by atoms with Crippen molar-refractivity contribution in [3.8, 4) is 11.5 Å². The largest absolute Gasteiger partial charge is 0.493 e. The molecule has 1 N–H and O–H groups in total. The Morgan fingerprint density at radius 2 is 2.00 bits per heavy atom. The lowest BCUT2D eigenvalue weighted by Gasteiger charge is -2.20. The summed E-state index contributed by atoms with van der Waals surface area (Å²) in [5, 5.41) is 16.0. The second-order valence-electron chi connectivity index (χ2n) is 7.92. The zero-order chi connectivity index (χ0) is 23.5. The zero-order valence-electron chi connectivity index (χ0n) is 18.5. The number of hydrogen-bond donors (Lipinski definition) is 1. The monoisotopic (exact) mass is 482 g/mol. The molecule has 0 fully saturated rings. The molecule has 33 heavy (non-hydrogen) atoms. The number of aliphatic imine (C=N–C) groups is 1. The Hall–Kier alpha value is -3.10. The van der Waals surface area contributed by atoms with E-state index in [0.717, 1.165) is 17.0 Å². The number of carbonyl (C=O) groups is 1. The first-order chi connectivity index (χ1) is 15.9. The van der Waals surface area contributed by atoms with Gasteiger partial charge in [0.1, 0.15) is 11.7 Å². The summed E-state index contributed by atoms with van der Waals surface area (Å²) in [4.78, 5) is 16.8. The average molecular weight is 483 g/mol. The highest BCUT2D eigenvalue weighted by Crippen LogP contribution is 2.38. The molecular weight excluding hydrogens is 460 g/mol. The van der Waals surface area contributed by atoms with Crippen LogP contribution in [0.5, 0.6) is 11.5 Å². The molecule has 0 aromatic heterocycles. The Morgan fingerprint density at radius 3 is 2.70 bits per heavy atom. The van der Waals surface area contributed by atoms with Crippen LogP contribution < -0.4 is 9.47 Å². The number of amides is 1. The Labute approximate surface area is 201 Å². The fourth-order valence-electron chi connectivity index (χ4n) is 3.32. The van der Waals surface area contributed by atoms with E-state index in [1.807, 2.05) is 30.3 Å². The van der Waals surface area contributed by atoms with Crippen LogP contribution in [-0.4, -0.2) is 34.1 Å². The second-order valence-corrected chi connectivity index (χ2v) is 9.37. The molecule has 2 aromatic carbocycles. The van der Waals surface area contributed by atoms with Gasteiger partial charge >= 0.3 is 0 Å². The summed E-state index contributed by atoms with van der Waals surface area (Å²) >= 11 is 7.82. The molecule has 0 spiro atoms. The number of amidine groups is 2. The van der Waals surface area contributed by atoms with Crippen LogP contribution in [0.1, 0.15) is 31.4 Å². The predicted molar refractivity (Wildman–Crippen MR) is 133 cm³/mol. The molecule has 0 atom stereocenters. The number of halogens is 1. The van der Waals surface area contributed by atoms with Gasteiger partial charge in [-0.05, 0) is 47.0 Å². The molecule has 2 aromatic rings. The first kappa shape index (κ1) is 23.1. The molecule has 0 saturated carbocycles. The highest BCUT2D eigenvalue weighted by Gasteiger charge is 2.35. The number of thioether (sulfide) groups is 1. The molecule has 0 bridgehead atoms. The van der Waals surface area contributed by atoms with E-state index in [1.165, 1.54) is 23.9 Å². The van der Waals surface area contributed by atoms with Gasteiger partial charge in [-0.3, -0.25) is 10.2 Å². The minimum Gasteiger partial charge on any atom is -0.493 e. The SMILES string of the molecule is COc1cc(C=C2C(=N)N3N=C(CC(C)C)SC3=NC2=O)cc(Cl)c1OCc1ccccc1. The number of fused-ring (bicyclic) bond motifs is 1. The summed E-state index contributed by atoms with van der Waals surface area (Å²) in [6.07, 6.45) is 2.33. The van der Waals surface area contributed by atoms with E-state index < -0.39 is 5.91 Å². The molecule has 2 aliphatic heterocycles. The van der Waals surface area contributed by atoms with E-state index >= 15 is 0 Å². The summed E-state index contributed by atoms with van der Waals surface area (Å²) in [5.74, 6) is 0.748. The second kappa shape index (κ2) is 9.80. The summed E-state index contributed by atoms with van der Waals surface area (Å²) in [5.41, 5.74) is 1.72. The molecule has 0 aliphatic carbocycles. The summed E-state index contributed by atoms with van der Waals surface area (Å²) in [6.45, 7) is 4.52. The number of hydrogen-bond acceptors (Lipinski definition) is 6. The number of benzene rings is 2. The van der Waals surface area contributed by atoms with E-state index in [1.54, 1.807) is 18.2 Å². The summed E-state index contributed by atoms with van der Waals surface area (Å²) in [6, 6.07) is 13.1. The van der Waals surface area contributed by atoms with Crippen molar-refractivity contribution in [3.05, 3.63) is 64.2 Å². The molecule has 0 unspecified atom stereocenters.